The van der Waals surface area contributed by atoms with Crippen LogP contribution >= 0.6 is 0 Å². The summed E-state index contributed by atoms with van der Waals surface area (Å²) in [5.74, 6) is -1.02. The highest BCUT2D eigenvalue weighted by Crippen LogP contribution is 2.22. The summed E-state index contributed by atoms with van der Waals surface area (Å²) in [5.41, 5.74) is -0.0794. The van der Waals surface area contributed by atoms with E-state index in [1.54, 1.807) is 20.8 Å². The maximum Gasteiger partial charge on any atom is 0.338 e. The maximum absolute atomic E-state index is 12.2. The standard InChI is InChI=1S/C15H18O6S/c1-15(2,3)21-14(17)11-6-4-10(5-7-11)13(16)12-8-9-20-22(12,18)19/h4-7,12H,8-9H2,1-3H3. The Morgan fingerprint density at radius 2 is 1.68 bits per heavy atom. The molecule has 1 atom stereocenters. The number of Topliss-reactive ketones (excluding diaryl/α,β-unsaturated/α-hetero) is 1. The molecular weight excluding hydrogens is 308 g/mol. The van der Waals surface area contributed by atoms with E-state index < -0.39 is 32.7 Å². The summed E-state index contributed by atoms with van der Waals surface area (Å²) in [7, 11) is -3.83. The van der Waals surface area contributed by atoms with Gasteiger partial charge in [0.05, 0.1) is 12.2 Å². The molecule has 1 heterocycles. The smallest absolute Gasteiger partial charge is 0.338 e. The molecule has 0 amide bonds. The van der Waals surface area contributed by atoms with E-state index in [-0.39, 0.29) is 18.6 Å². The summed E-state index contributed by atoms with van der Waals surface area (Å²) < 4.78 is 33.0. The van der Waals surface area contributed by atoms with Crippen LogP contribution in [-0.4, -0.2) is 37.6 Å². The summed E-state index contributed by atoms with van der Waals surface area (Å²) in [6.45, 7) is 5.30. The van der Waals surface area contributed by atoms with Gasteiger partial charge in [0.15, 0.2) is 11.0 Å². The van der Waals surface area contributed by atoms with Gasteiger partial charge in [0.1, 0.15) is 5.60 Å². The van der Waals surface area contributed by atoms with Crippen molar-refractivity contribution in [2.24, 2.45) is 0 Å². The minimum absolute atomic E-state index is 0.0226. The van der Waals surface area contributed by atoms with E-state index in [0.717, 1.165) is 0 Å². The van der Waals surface area contributed by atoms with E-state index in [0.29, 0.717) is 5.56 Å². The van der Waals surface area contributed by atoms with Gasteiger partial charge < -0.3 is 4.74 Å². The number of carbonyl (C=O) groups is 2. The summed E-state index contributed by atoms with van der Waals surface area (Å²) in [4.78, 5) is 24.1. The third-order valence-corrected chi connectivity index (χ3v) is 4.71. The van der Waals surface area contributed by atoms with Crippen LogP contribution in [0.25, 0.3) is 0 Å². The summed E-state index contributed by atoms with van der Waals surface area (Å²) >= 11 is 0. The van der Waals surface area contributed by atoms with Crippen LogP contribution in [0.3, 0.4) is 0 Å². The molecule has 1 saturated heterocycles. The van der Waals surface area contributed by atoms with Crippen LogP contribution in [0.5, 0.6) is 0 Å². The second kappa shape index (κ2) is 5.81. The molecule has 0 spiro atoms. The third-order valence-electron chi connectivity index (χ3n) is 3.07. The molecule has 1 aliphatic rings. The number of ketones is 1. The lowest BCUT2D eigenvalue weighted by atomic mass is 10.0. The minimum atomic E-state index is -3.83. The Hall–Kier alpha value is -1.73. The second-order valence-corrected chi connectivity index (χ2v) is 7.83. The van der Waals surface area contributed by atoms with Crippen LogP contribution in [0.15, 0.2) is 24.3 Å². The van der Waals surface area contributed by atoms with E-state index in [2.05, 4.69) is 4.18 Å². The first-order valence-electron chi connectivity index (χ1n) is 6.86. The highest BCUT2D eigenvalue weighted by molar-refractivity contribution is 7.88. The maximum atomic E-state index is 12.2. The molecular formula is C15H18O6S. The van der Waals surface area contributed by atoms with Gasteiger partial charge >= 0.3 is 5.97 Å². The summed E-state index contributed by atoms with van der Waals surface area (Å²) in [6, 6.07) is 5.75. The molecule has 1 unspecified atom stereocenters. The number of ether oxygens (including phenoxy) is 1. The van der Waals surface area contributed by atoms with Crippen LogP contribution in [0.4, 0.5) is 0 Å². The number of carbonyl (C=O) groups excluding carboxylic acids is 2. The van der Waals surface area contributed by atoms with Gasteiger partial charge in [-0.25, -0.2) is 4.79 Å². The Balaban J connectivity index is 2.15. The highest BCUT2D eigenvalue weighted by Gasteiger charge is 2.39. The number of esters is 1. The Morgan fingerprint density at radius 1 is 1.14 bits per heavy atom. The lowest BCUT2D eigenvalue weighted by Crippen LogP contribution is -2.26. The van der Waals surface area contributed by atoms with Crippen molar-refractivity contribution in [3.8, 4) is 0 Å². The van der Waals surface area contributed by atoms with E-state index in [9.17, 15) is 18.0 Å². The van der Waals surface area contributed by atoms with Gasteiger partial charge in [-0.3, -0.25) is 8.98 Å². The SMILES string of the molecule is CC(C)(C)OC(=O)c1ccc(C(=O)C2CCOS2(=O)=O)cc1. The fourth-order valence-corrected chi connectivity index (χ4v) is 3.33. The van der Waals surface area contributed by atoms with Gasteiger partial charge in [-0.1, -0.05) is 12.1 Å². The predicted molar refractivity (Wildman–Crippen MR) is 79.2 cm³/mol. The Morgan fingerprint density at radius 3 is 2.14 bits per heavy atom. The van der Waals surface area contributed by atoms with Gasteiger partial charge in [0.2, 0.25) is 0 Å². The van der Waals surface area contributed by atoms with E-state index in [1.165, 1.54) is 24.3 Å². The van der Waals surface area contributed by atoms with Crippen molar-refractivity contribution in [2.45, 2.75) is 38.0 Å². The van der Waals surface area contributed by atoms with Crippen LogP contribution in [0, 0.1) is 0 Å². The van der Waals surface area contributed by atoms with Crippen molar-refractivity contribution in [2.75, 3.05) is 6.61 Å². The zero-order valence-electron chi connectivity index (χ0n) is 12.7. The molecule has 1 aliphatic heterocycles. The van der Waals surface area contributed by atoms with Crippen molar-refractivity contribution in [3.05, 3.63) is 35.4 Å². The van der Waals surface area contributed by atoms with Crippen LogP contribution in [0.2, 0.25) is 0 Å². The molecule has 1 fully saturated rings. The van der Waals surface area contributed by atoms with Gasteiger partial charge in [-0.05, 0) is 39.3 Å². The van der Waals surface area contributed by atoms with Gasteiger partial charge in [0, 0.05) is 5.56 Å². The highest BCUT2D eigenvalue weighted by atomic mass is 32.2. The molecule has 0 aromatic heterocycles. The average molecular weight is 326 g/mol. The number of rotatable bonds is 3. The minimum Gasteiger partial charge on any atom is -0.456 e. The monoisotopic (exact) mass is 326 g/mol. The largest absolute Gasteiger partial charge is 0.456 e. The van der Waals surface area contributed by atoms with Crippen LogP contribution < -0.4 is 0 Å². The Kier molecular flexibility index (Phi) is 4.39. The van der Waals surface area contributed by atoms with Crippen molar-refractivity contribution >= 4 is 21.9 Å². The van der Waals surface area contributed by atoms with Gasteiger partial charge in [-0.2, -0.15) is 8.42 Å². The molecule has 0 saturated carbocycles. The Labute approximate surface area is 129 Å². The van der Waals surface area contributed by atoms with Gasteiger partial charge in [-0.15, -0.1) is 0 Å². The van der Waals surface area contributed by atoms with Crippen molar-refractivity contribution < 1.29 is 26.9 Å². The molecule has 0 aliphatic carbocycles. The van der Waals surface area contributed by atoms with Crippen molar-refractivity contribution in [3.63, 3.8) is 0 Å². The zero-order valence-corrected chi connectivity index (χ0v) is 13.5. The first kappa shape index (κ1) is 16.6. The second-order valence-electron chi connectivity index (χ2n) is 6.04. The molecule has 6 nitrogen and oxygen atoms in total. The fourth-order valence-electron chi connectivity index (χ4n) is 2.05. The average Bonchev–Trinajstić information content (AvgIpc) is 2.76. The van der Waals surface area contributed by atoms with Crippen LogP contribution in [-0.2, 0) is 19.0 Å². The third kappa shape index (κ3) is 3.72. The molecule has 1 aromatic rings. The summed E-state index contributed by atoms with van der Waals surface area (Å²) in [5, 5.41) is -1.17. The fraction of sp³-hybridized carbons (Fsp3) is 0.467. The number of hydrogen-bond donors (Lipinski definition) is 0. The van der Waals surface area contributed by atoms with E-state index in [1.807, 2.05) is 0 Å². The molecule has 22 heavy (non-hydrogen) atoms. The van der Waals surface area contributed by atoms with Crippen molar-refractivity contribution in [1.29, 1.82) is 0 Å². The van der Waals surface area contributed by atoms with E-state index >= 15 is 0 Å². The molecule has 2 rings (SSSR count). The Bertz CT molecular complexity index is 682. The molecule has 120 valence electrons. The number of benzene rings is 1. The molecule has 7 heteroatoms. The zero-order chi connectivity index (χ0) is 16.5. The van der Waals surface area contributed by atoms with E-state index in [4.69, 9.17) is 4.74 Å². The molecule has 0 bridgehead atoms. The molecule has 0 radical (unpaired) electrons. The first-order chi connectivity index (χ1) is 10.1. The first-order valence-corrected chi connectivity index (χ1v) is 8.33. The lowest BCUT2D eigenvalue weighted by Gasteiger charge is -2.19. The lowest BCUT2D eigenvalue weighted by molar-refractivity contribution is 0.00693. The molecule has 1 aromatic carbocycles. The van der Waals surface area contributed by atoms with Gasteiger partial charge in [0.25, 0.3) is 10.1 Å². The van der Waals surface area contributed by atoms with Crippen LogP contribution in [0.1, 0.15) is 47.9 Å². The quantitative estimate of drug-likeness (QED) is 0.479. The predicted octanol–water partition coefficient (Wildman–Crippen LogP) is 1.94. The topological polar surface area (TPSA) is 86.7 Å². The van der Waals surface area contributed by atoms with Crippen molar-refractivity contribution in [1.82, 2.24) is 0 Å². The molecule has 0 N–H and O–H groups in total. The normalized spacial score (nSPS) is 20.6. The number of hydrogen-bond acceptors (Lipinski definition) is 6. The summed E-state index contributed by atoms with van der Waals surface area (Å²) in [6.07, 6.45) is 0.148.